The fourth-order valence-electron chi connectivity index (χ4n) is 2.73. The molecule has 2 heterocycles. The molecule has 24 heavy (non-hydrogen) atoms. The van der Waals surface area contributed by atoms with Gasteiger partial charge in [-0.15, -0.1) is 0 Å². The van der Waals surface area contributed by atoms with Gasteiger partial charge in [0.05, 0.1) is 0 Å². The lowest BCUT2D eigenvalue weighted by atomic mass is 10.2. The average molecular weight is 366 g/mol. The van der Waals surface area contributed by atoms with Crippen molar-refractivity contribution in [2.24, 2.45) is 0 Å². The summed E-state index contributed by atoms with van der Waals surface area (Å²) in [5.74, 6) is 0.581. The molecule has 1 aliphatic rings. The highest BCUT2D eigenvalue weighted by molar-refractivity contribution is 7.89. The van der Waals surface area contributed by atoms with E-state index in [9.17, 15) is 8.42 Å². The Labute approximate surface area is 147 Å². The normalized spacial score (nSPS) is 16.1. The summed E-state index contributed by atoms with van der Waals surface area (Å²) < 4.78 is 26.8. The topological polar surface area (TPSA) is 62.3 Å². The van der Waals surface area contributed by atoms with Gasteiger partial charge in [0, 0.05) is 30.0 Å². The zero-order chi connectivity index (χ0) is 17.2. The van der Waals surface area contributed by atoms with Gasteiger partial charge in [-0.2, -0.15) is 4.31 Å². The standard InChI is InChI=1S/C17H20ClN3O2S/c1-13-5-6-14(18)11-16(13)20-17-8-7-15(12-19-17)24(22,23)21-9-3-2-4-10-21/h5-8,11-12H,2-4,9-10H2,1H3,(H,19,20). The van der Waals surface area contributed by atoms with Gasteiger partial charge in [-0.25, -0.2) is 13.4 Å². The maximum absolute atomic E-state index is 12.6. The van der Waals surface area contributed by atoms with E-state index >= 15 is 0 Å². The zero-order valence-corrected chi connectivity index (χ0v) is 15.1. The molecular formula is C17H20ClN3O2S. The van der Waals surface area contributed by atoms with Crippen molar-refractivity contribution >= 4 is 33.1 Å². The summed E-state index contributed by atoms with van der Waals surface area (Å²) in [5.41, 5.74) is 1.88. The molecule has 1 fully saturated rings. The van der Waals surface area contributed by atoms with Gasteiger partial charge in [0.25, 0.3) is 0 Å². The number of pyridine rings is 1. The first-order valence-corrected chi connectivity index (χ1v) is 9.78. The summed E-state index contributed by atoms with van der Waals surface area (Å²) in [6.45, 7) is 3.14. The molecule has 1 N–H and O–H groups in total. The number of sulfonamides is 1. The highest BCUT2D eigenvalue weighted by Gasteiger charge is 2.26. The first-order chi connectivity index (χ1) is 11.5. The number of piperidine rings is 1. The van der Waals surface area contributed by atoms with Gasteiger partial charge in [-0.1, -0.05) is 24.1 Å². The van der Waals surface area contributed by atoms with Crippen LogP contribution in [0.25, 0.3) is 0 Å². The maximum Gasteiger partial charge on any atom is 0.244 e. The van der Waals surface area contributed by atoms with E-state index in [0.717, 1.165) is 30.5 Å². The molecule has 3 rings (SSSR count). The van der Waals surface area contributed by atoms with Crippen LogP contribution in [0, 0.1) is 6.92 Å². The number of nitrogens with zero attached hydrogens (tertiary/aromatic N) is 2. The second-order valence-electron chi connectivity index (χ2n) is 5.93. The Bertz CT molecular complexity index is 816. The van der Waals surface area contributed by atoms with Gasteiger partial charge < -0.3 is 5.32 Å². The largest absolute Gasteiger partial charge is 0.340 e. The van der Waals surface area contributed by atoms with Crippen LogP contribution in [0.15, 0.2) is 41.4 Å². The summed E-state index contributed by atoms with van der Waals surface area (Å²) in [4.78, 5) is 4.48. The number of aromatic nitrogens is 1. The van der Waals surface area contributed by atoms with Gasteiger partial charge in [0.2, 0.25) is 10.0 Å². The lowest BCUT2D eigenvalue weighted by molar-refractivity contribution is 0.346. The van der Waals surface area contributed by atoms with Gasteiger partial charge in [0.1, 0.15) is 10.7 Å². The van der Waals surface area contributed by atoms with E-state index in [-0.39, 0.29) is 4.90 Å². The number of rotatable bonds is 4. The summed E-state index contributed by atoms with van der Waals surface area (Å²) in [5, 5.41) is 3.80. The van der Waals surface area contributed by atoms with Gasteiger partial charge >= 0.3 is 0 Å². The molecule has 1 aromatic carbocycles. The Morgan fingerprint density at radius 2 is 1.88 bits per heavy atom. The Kier molecular flexibility index (Phi) is 5.08. The van der Waals surface area contributed by atoms with Crippen LogP contribution in [0.2, 0.25) is 5.02 Å². The molecule has 128 valence electrons. The first kappa shape index (κ1) is 17.2. The van der Waals surface area contributed by atoms with Crippen molar-refractivity contribution in [3.05, 3.63) is 47.1 Å². The highest BCUT2D eigenvalue weighted by atomic mass is 35.5. The van der Waals surface area contributed by atoms with E-state index in [2.05, 4.69) is 10.3 Å². The summed E-state index contributed by atoms with van der Waals surface area (Å²) in [6, 6.07) is 8.83. The molecule has 0 amide bonds. The fraction of sp³-hybridized carbons (Fsp3) is 0.353. The third-order valence-electron chi connectivity index (χ3n) is 4.15. The number of hydrogen-bond acceptors (Lipinski definition) is 4. The number of aryl methyl sites for hydroxylation is 1. The van der Waals surface area contributed by atoms with Crippen LogP contribution < -0.4 is 5.32 Å². The Balaban J connectivity index is 1.79. The molecule has 0 spiro atoms. The lowest BCUT2D eigenvalue weighted by Crippen LogP contribution is -2.35. The molecule has 0 saturated carbocycles. The van der Waals surface area contributed by atoms with Crippen molar-refractivity contribution in [3.63, 3.8) is 0 Å². The minimum absolute atomic E-state index is 0.234. The van der Waals surface area contributed by atoms with Gasteiger partial charge in [-0.3, -0.25) is 0 Å². The number of benzene rings is 1. The SMILES string of the molecule is Cc1ccc(Cl)cc1Nc1ccc(S(=O)(=O)N2CCCCC2)cn1. The Hall–Kier alpha value is -1.63. The van der Waals surface area contributed by atoms with Crippen molar-refractivity contribution in [1.29, 1.82) is 0 Å². The highest BCUT2D eigenvalue weighted by Crippen LogP contribution is 2.25. The van der Waals surface area contributed by atoms with Gasteiger partial charge in [0.15, 0.2) is 0 Å². The summed E-state index contributed by atoms with van der Waals surface area (Å²) in [7, 11) is -3.44. The van der Waals surface area contributed by atoms with Crippen molar-refractivity contribution in [3.8, 4) is 0 Å². The lowest BCUT2D eigenvalue weighted by Gasteiger charge is -2.25. The average Bonchev–Trinajstić information content (AvgIpc) is 2.59. The van der Waals surface area contributed by atoms with Crippen molar-refractivity contribution in [2.75, 3.05) is 18.4 Å². The van der Waals surface area contributed by atoms with Crippen LogP contribution in [0.4, 0.5) is 11.5 Å². The molecular weight excluding hydrogens is 346 g/mol. The third kappa shape index (κ3) is 3.71. The molecule has 0 unspecified atom stereocenters. The van der Waals surface area contributed by atoms with E-state index in [1.54, 1.807) is 16.4 Å². The molecule has 2 aromatic rings. The van der Waals surface area contributed by atoms with Crippen LogP contribution in [-0.4, -0.2) is 30.8 Å². The number of nitrogens with one attached hydrogen (secondary N) is 1. The quantitative estimate of drug-likeness (QED) is 0.890. The van der Waals surface area contributed by atoms with Crippen LogP contribution in [0.3, 0.4) is 0 Å². The molecule has 1 saturated heterocycles. The minimum Gasteiger partial charge on any atom is -0.340 e. The molecule has 5 nitrogen and oxygen atoms in total. The van der Waals surface area contributed by atoms with E-state index in [1.807, 2.05) is 25.1 Å². The predicted molar refractivity (Wildman–Crippen MR) is 96.3 cm³/mol. The predicted octanol–water partition coefficient (Wildman–Crippen LogP) is 3.96. The van der Waals surface area contributed by atoms with Crippen molar-refractivity contribution in [1.82, 2.24) is 9.29 Å². The molecule has 7 heteroatoms. The van der Waals surface area contributed by atoms with Gasteiger partial charge in [-0.05, 0) is 49.6 Å². The van der Waals surface area contributed by atoms with Crippen molar-refractivity contribution in [2.45, 2.75) is 31.1 Å². The Morgan fingerprint density at radius 3 is 2.54 bits per heavy atom. The molecule has 0 aliphatic carbocycles. The number of anilines is 2. The second kappa shape index (κ2) is 7.09. The number of halogens is 1. The molecule has 0 radical (unpaired) electrons. The second-order valence-corrected chi connectivity index (χ2v) is 8.30. The number of hydrogen-bond donors (Lipinski definition) is 1. The smallest absolute Gasteiger partial charge is 0.244 e. The molecule has 1 aromatic heterocycles. The summed E-state index contributed by atoms with van der Waals surface area (Å²) >= 11 is 6.01. The van der Waals surface area contributed by atoms with E-state index in [4.69, 9.17) is 11.6 Å². The van der Waals surface area contributed by atoms with Crippen molar-refractivity contribution < 1.29 is 8.42 Å². The maximum atomic E-state index is 12.6. The zero-order valence-electron chi connectivity index (χ0n) is 13.5. The monoisotopic (exact) mass is 365 g/mol. The molecule has 1 aliphatic heterocycles. The Morgan fingerprint density at radius 1 is 1.12 bits per heavy atom. The van der Waals surface area contributed by atoms with E-state index < -0.39 is 10.0 Å². The summed E-state index contributed by atoms with van der Waals surface area (Å²) in [6.07, 6.45) is 4.33. The van der Waals surface area contributed by atoms with E-state index in [1.165, 1.54) is 6.20 Å². The molecule has 0 bridgehead atoms. The van der Waals surface area contributed by atoms with Crippen LogP contribution >= 0.6 is 11.6 Å². The van der Waals surface area contributed by atoms with Crippen LogP contribution in [0.5, 0.6) is 0 Å². The van der Waals surface area contributed by atoms with E-state index in [0.29, 0.717) is 23.9 Å². The fourth-order valence-corrected chi connectivity index (χ4v) is 4.36. The first-order valence-electron chi connectivity index (χ1n) is 7.96. The van der Waals surface area contributed by atoms with Crippen LogP contribution in [0.1, 0.15) is 24.8 Å². The minimum atomic E-state index is -3.44. The van der Waals surface area contributed by atoms with Crippen LogP contribution in [-0.2, 0) is 10.0 Å². The third-order valence-corrected chi connectivity index (χ3v) is 6.27. The molecule has 0 atom stereocenters.